The van der Waals surface area contributed by atoms with Gasteiger partial charge < -0.3 is 29.9 Å². The Morgan fingerprint density at radius 3 is 2.38 bits per heavy atom. The number of rotatable bonds is 13. The van der Waals surface area contributed by atoms with E-state index in [9.17, 15) is 23.9 Å². The molecule has 0 saturated carbocycles. The highest BCUT2D eigenvalue weighted by Gasteiger charge is 2.37. The average Bonchev–Trinajstić information content (AvgIpc) is 3.20. The van der Waals surface area contributed by atoms with Gasteiger partial charge in [-0.05, 0) is 103 Å². The van der Waals surface area contributed by atoms with Crippen molar-refractivity contribution in [3.63, 3.8) is 0 Å². The van der Waals surface area contributed by atoms with Gasteiger partial charge in [0.1, 0.15) is 18.5 Å². The highest BCUT2D eigenvalue weighted by Crippen LogP contribution is 2.30. The van der Waals surface area contributed by atoms with Crippen molar-refractivity contribution in [2.45, 2.75) is 56.7 Å². The number of nitrogens with zero attached hydrogens (tertiary/aromatic N) is 4. The van der Waals surface area contributed by atoms with E-state index in [2.05, 4.69) is 22.0 Å². The first-order valence-corrected chi connectivity index (χ1v) is 20.6. The first-order chi connectivity index (χ1) is 26.7. The number of piperazine rings is 1. The third-order valence-corrected chi connectivity index (χ3v) is 12.1. The van der Waals surface area contributed by atoms with Gasteiger partial charge in [-0.1, -0.05) is 67.1 Å². The number of hydrogen-bond acceptors (Lipinski definition) is 7. The number of halogens is 2. The monoisotopic (exact) mass is 791 g/mol. The average molecular weight is 792 g/mol. The van der Waals surface area contributed by atoms with Crippen LogP contribution in [0.15, 0.2) is 77.7 Å². The van der Waals surface area contributed by atoms with E-state index in [1.165, 1.54) is 11.0 Å². The molecule has 294 valence electrons. The number of carbonyl (C=O) groups excluding carboxylic acids is 2. The molecule has 2 N–H and O–H groups in total. The van der Waals surface area contributed by atoms with E-state index < -0.39 is 18.2 Å². The van der Waals surface area contributed by atoms with Gasteiger partial charge in [0.2, 0.25) is 5.91 Å². The molecule has 3 aliphatic rings. The lowest BCUT2D eigenvalue weighted by atomic mass is 9.88. The molecular weight excluding hydrogens is 741 g/mol. The zero-order chi connectivity index (χ0) is 38.7. The largest absolute Gasteiger partial charge is 0.465 e. The molecule has 0 spiro atoms. The quantitative estimate of drug-likeness (QED) is 0.175. The van der Waals surface area contributed by atoms with Crippen LogP contribution in [0.3, 0.4) is 0 Å². The van der Waals surface area contributed by atoms with Crippen LogP contribution in [0.4, 0.5) is 14.0 Å². The van der Waals surface area contributed by atoms with Gasteiger partial charge in [-0.2, -0.15) is 0 Å². The highest BCUT2D eigenvalue weighted by atomic mass is 35.5. The maximum atomic E-state index is 14.2. The number of benzene rings is 3. The number of alkyl carbamates (subject to hydrolysis) is 1. The van der Waals surface area contributed by atoms with E-state index in [-0.39, 0.29) is 24.2 Å². The lowest BCUT2D eigenvalue weighted by Crippen LogP contribution is -2.58. The smallest absolute Gasteiger partial charge is 0.408 e. The Kier molecular flexibility index (Phi) is 14.5. The normalized spacial score (nSPS) is 17.8. The Bertz CT molecular complexity index is 1820. The molecule has 13 heteroatoms. The van der Waals surface area contributed by atoms with Crippen molar-refractivity contribution in [3.05, 3.63) is 106 Å². The third kappa shape index (κ3) is 11.2. The second-order valence-corrected chi connectivity index (χ2v) is 16.2. The Hall–Kier alpha value is -4.10. The first kappa shape index (κ1) is 40.6. The van der Waals surface area contributed by atoms with E-state index in [0.717, 1.165) is 77.4 Å². The summed E-state index contributed by atoms with van der Waals surface area (Å²) in [7, 11) is 0. The van der Waals surface area contributed by atoms with Gasteiger partial charge in [-0.25, -0.2) is 14.0 Å². The van der Waals surface area contributed by atoms with Crippen LogP contribution in [-0.4, -0.2) is 113 Å². The SMILES string of the molecule is CCSc1cc(F)ccc1CN1CCN(C(=O)C(NC(=O)OCc2ccccc2)C2CCN(CCc3cc(Cl)ccc3C3=CCN(C(=O)O)CC3)CC2)CC1. The number of thioether (sulfide) groups is 1. The molecular formula is C42H51ClFN5O5S. The summed E-state index contributed by atoms with van der Waals surface area (Å²) in [6, 6.07) is 19.7. The van der Waals surface area contributed by atoms with Crippen LogP contribution in [0.2, 0.25) is 5.02 Å². The van der Waals surface area contributed by atoms with Crippen LogP contribution in [-0.2, 0) is 29.1 Å². The van der Waals surface area contributed by atoms with Gasteiger partial charge in [-0.3, -0.25) is 9.69 Å². The topological polar surface area (TPSA) is 106 Å². The van der Waals surface area contributed by atoms with Crippen LogP contribution in [0, 0.1) is 11.7 Å². The van der Waals surface area contributed by atoms with Gasteiger partial charge >= 0.3 is 12.2 Å². The molecule has 3 heterocycles. The van der Waals surface area contributed by atoms with Gasteiger partial charge in [-0.15, -0.1) is 11.8 Å². The number of piperidine rings is 1. The van der Waals surface area contributed by atoms with Gasteiger partial charge in [0.05, 0.1) is 0 Å². The molecule has 0 bridgehead atoms. The Morgan fingerprint density at radius 2 is 1.69 bits per heavy atom. The van der Waals surface area contributed by atoms with Crippen LogP contribution >= 0.6 is 23.4 Å². The number of amides is 3. The summed E-state index contributed by atoms with van der Waals surface area (Å²) in [6.07, 6.45) is 3.43. The molecule has 2 fully saturated rings. The number of nitrogens with one attached hydrogen (secondary N) is 1. The van der Waals surface area contributed by atoms with Gasteiger partial charge in [0.25, 0.3) is 0 Å². The van der Waals surface area contributed by atoms with E-state index in [1.807, 2.05) is 65.6 Å². The summed E-state index contributed by atoms with van der Waals surface area (Å²) >= 11 is 8.08. The molecule has 1 unspecified atom stereocenters. The second-order valence-electron chi connectivity index (χ2n) is 14.4. The third-order valence-electron chi connectivity index (χ3n) is 10.9. The number of likely N-dealkylation sites (tertiary alicyclic amines) is 1. The Labute approximate surface area is 332 Å². The highest BCUT2D eigenvalue weighted by molar-refractivity contribution is 7.99. The van der Waals surface area contributed by atoms with Crippen molar-refractivity contribution in [2.75, 3.05) is 64.7 Å². The van der Waals surface area contributed by atoms with Crippen LogP contribution in [0.1, 0.15) is 48.4 Å². The molecule has 3 amide bonds. The summed E-state index contributed by atoms with van der Waals surface area (Å²) in [6.45, 7) is 8.53. The molecule has 0 aliphatic carbocycles. The molecule has 55 heavy (non-hydrogen) atoms. The van der Waals surface area contributed by atoms with E-state index in [0.29, 0.717) is 57.3 Å². The summed E-state index contributed by atoms with van der Waals surface area (Å²) in [4.78, 5) is 47.8. The van der Waals surface area contributed by atoms with Crippen LogP contribution in [0.5, 0.6) is 0 Å². The number of hydrogen-bond donors (Lipinski definition) is 2. The van der Waals surface area contributed by atoms with Crippen molar-refractivity contribution in [2.24, 2.45) is 5.92 Å². The second kappa shape index (κ2) is 19.7. The fourth-order valence-electron chi connectivity index (χ4n) is 7.74. The lowest BCUT2D eigenvalue weighted by molar-refractivity contribution is -0.137. The predicted molar refractivity (Wildman–Crippen MR) is 215 cm³/mol. The van der Waals surface area contributed by atoms with Crippen molar-refractivity contribution in [1.82, 2.24) is 24.9 Å². The Balaban J connectivity index is 1.07. The maximum Gasteiger partial charge on any atom is 0.408 e. The number of carbonyl (C=O) groups is 3. The van der Waals surface area contributed by atoms with Gasteiger partial charge in [0.15, 0.2) is 0 Å². The molecule has 3 aromatic carbocycles. The van der Waals surface area contributed by atoms with Crippen molar-refractivity contribution in [3.8, 4) is 0 Å². The van der Waals surface area contributed by atoms with E-state index >= 15 is 0 Å². The lowest BCUT2D eigenvalue weighted by Gasteiger charge is -2.40. The number of ether oxygens (including phenoxy) is 1. The minimum absolute atomic E-state index is 0.0507. The van der Waals surface area contributed by atoms with Crippen molar-refractivity contribution < 1.29 is 28.6 Å². The molecule has 0 aromatic heterocycles. The molecule has 6 rings (SSSR count). The standard InChI is InChI=1S/C42H51ClFN5O5S/c1-2-55-38-27-36(44)10-8-34(38)28-47-22-24-48(25-23-47)40(50)39(45-41(51)54-29-30-6-4-3-5-7-30)32-12-17-46(18-13-32)19-14-33-26-35(43)9-11-37(33)31-15-20-49(21-16-31)42(52)53/h3-11,15,26-27,32,39H,2,12-14,16-25,28-29H2,1H3,(H,45,51)(H,52,53). The molecule has 1 atom stereocenters. The summed E-state index contributed by atoms with van der Waals surface area (Å²) in [5.41, 5.74) is 5.36. The molecule has 2 saturated heterocycles. The van der Waals surface area contributed by atoms with Crippen LogP contribution in [0.25, 0.3) is 5.57 Å². The van der Waals surface area contributed by atoms with Gasteiger partial charge in [0, 0.05) is 62.3 Å². The zero-order valence-corrected chi connectivity index (χ0v) is 33.0. The zero-order valence-electron chi connectivity index (χ0n) is 31.4. The van der Waals surface area contributed by atoms with Crippen molar-refractivity contribution >= 4 is 47.0 Å². The predicted octanol–water partition coefficient (Wildman–Crippen LogP) is 7.25. The molecule has 3 aliphatic heterocycles. The summed E-state index contributed by atoms with van der Waals surface area (Å²) in [5, 5.41) is 13.0. The van der Waals surface area contributed by atoms with E-state index in [4.69, 9.17) is 16.3 Å². The first-order valence-electron chi connectivity index (χ1n) is 19.2. The fraction of sp³-hybridized carbons (Fsp3) is 0.452. The minimum atomic E-state index is -0.903. The molecule has 10 nitrogen and oxygen atoms in total. The number of carboxylic acid groups (broad SMARTS) is 1. The fourth-order valence-corrected chi connectivity index (χ4v) is 8.76. The molecule has 3 aromatic rings. The molecule has 0 radical (unpaired) electrons. The van der Waals surface area contributed by atoms with Crippen LogP contribution < -0.4 is 5.32 Å². The summed E-state index contributed by atoms with van der Waals surface area (Å²) in [5.74, 6) is 0.495. The maximum absolute atomic E-state index is 14.2. The van der Waals surface area contributed by atoms with E-state index in [1.54, 1.807) is 17.8 Å². The Morgan fingerprint density at radius 1 is 0.927 bits per heavy atom. The summed E-state index contributed by atoms with van der Waals surface area (Å²) < 4.78 is 19.6. The van der Waals surface area contributed by atoms with Crippen molar-refractivity contribution in [1.29, 1.82) is 0 Å². The minimum Gasteiger partial charge on any atom is -0.465 e.